The lowest BCUT2D eigenvalue weighted by molar-refractivity contribution is 0.261. The first-order valence-corrected chi connectivity index (χ1v) is 10.6. The Kier molecular flexibility index (Phi) is 6.37. The molecule has 32 heavy (non-hydrogen) atoms. The number of furan rings is 1. The van der Waals surface area contributed by atoms with E-state index >= 15 is 0 Å². The van der Waals surface area contributed by atoms with Crippen LogP contribution in [0.4, 0.5) is 0 Å². The monoisotopic (exact) mass is 431 g/mol. The number of hydrogen-bond donors (Lipinski definition) is 0. The number of aryl methyl sites for hydroxylation is 1. The lowest BCUT2D eigenvalue weighted by Gasteiger charge is -2.14. The van der Waals surface area contributed by atoms with Gasteiger partial charge < -0.3 is 23.5 Å². The Morgan fingerprint density at radius 1 is 0.812 bits per heavy atom. The summed E-state index contributed by atoms with van der Waals surface area (Å²) >= 11 is 0. The SMILES string of the molecule is COc1ccc(-c2oc3cc(OC)ccc3c2-c2cc(OCCN(C)C)ccc2C)cc1. The van der Waals surface area contributed by atoms with Crippen LogP contribution in [-0.4, -0.2) is 46.4 Å². The van der Waals surface area contributed by atoms with Crippen molar-refractivity contribution in [2.45, 2.75) is 6.92 Å². The molecule has 4 rings (SSSR count). The fraction of sp³-hybridized carbons (Fsp3) is 0.259. The summed E-state index contributed by atoms with van der Waals surface area (Å²) in [6.45, 7) is 3.60. The molecule has 0 amide bonds. The van der Waals surface area contributed by atoms with Crippen molar-refractivity contribution in [2.75, 3.05) is 41.5 Å². The summed E-state index contributed by atoms with van der Waals surface area (Å²) in [6.07, 6.45) is 0. The minimum atomic E-state index is 0.629. The number of rotatable bonds is 8. The van der Waals surface area contributed by atoms with Crippen LogP contribution in [0.5, 0.6) is 17.2 Å². The van der Waals surface area contributed by atoms with Crippen molar-refractivity contribution < 1.29 is 18.6 Å². The Morgan fingerprint density at radius 3 is 2.19 bits per heavy atom. The second kappa shape index (κ2) is 9.37. The predicted molar refractivity (Wildman–Crippen MR) is 129 cm³/mol. The maximum atomic E-state index is 6.39. The van der Waals surface area contributed by atoms with Gasteiger partial charge in [-0.2, -0.15) is 0 Å². The molecule has 166 valence electrons. The summed E-state index contributed by atoms with van der Waals surface area (Å²) in [6, 6.07) is 20.1. The number of likely N-dealkylation sites (N-methyl/N-ethyl adjacent to an activating group) is 1. The minimum Gasteiger partial charge on any atom is -0.497 e. The van der Waals surface area contributed by atoms with E-state index in [9.17, 15) is 0 Å². The Morgan fingerprint density at radius 2 is 1.50 bits per heavy atom. The quantitative estimate of drug-likeness (QED) is 0.341. The van der Waals surface area contributed by atoms with E-state index < -0.39 is 0 Å². The van der Waals surface area contributed by atoms with Crippen LogP contribution in [-0.2, 0) is 0 Å². The second-order valence-corrected chi connectivity index (χ2v) is 8.03. The van der Waals surface area contributed by atoms with Gasteiger partial charge in [0.1, 0.15) is 35.2 Å². The van der Waals surface area contributed by atoms with Crippen molar-refractivity contribution in [1.29, 1.82) is 0 Å². The van der Waals surface area contributed by atoms with Crippen molar-refractivity contribution in [3.63, 3.8) is 0 Å². The van der Waals surface area contributed by atoms with E-state index in [0.717, 1.165) is 62.8 Å². The van der Waals surface area contributed by atoms with Gasteiger partial charge in [0.15, 0.2) is 0 Å². The molecular formula is C27H29NO4. The molecule has 0 aliphatic heterocycles. The van der Waals surface area contributed by atoms with E-state index in [0.29, 0.717) is 6.61 Å². The van der Waals surface area contributed by atoms with Crippen molar-refractivity contribution in [3.05, 3.63) is 66.2 Å². The van der Waals surface area contributed by atoms with Gasteiger partial charge in [-0.05, 0) is 80.7 Å². The van der Waals surface area contributed by atoms with Crippen LogP contribution >= 0.6 is 0 Å². The average molecular weight is 432 g/mol. The third-order valence-corrected chi connectivity index (χ3v) is 5.54. The standard InChI is InChI=1S/C27H29NO4/c1-18-6-9-22(31-15-14-28(2)3)16-24(18)26-23-13-12-21(30-5)17-25(23)32-27(26)19-7-10-20(29-4)11-8-19/h6-13,16-17H,14-15H2,1-5H3. The highest BCUT2D eigenvalue weighted by Gasteiger charge is 2.20. The largest absolute Gasteiger partial charge is 0.497 e. The van der Waals surface area contributed by atoms with E-state index in [2.05, 4.69) is 30.0 Å². The van der Waals surface area contributed by atoms with Gasteiger partial charge in [0, 0.05) is 29.1 Å². The van der Waals surface area contributed by atoms with Gasteiger partial charge in [0.05, 0.1) is 14.2 Å². The lowest BCUT2D eigenvalue weighted by Crippen LogP contribution is -2.19. The molecule has 0 atom stereocenters. The zero-order valence-electron chi connectivity index (χ0n) is 19.3. The van der Waals surface area contributed by atoms with Gasteiger partial charge in [0.25, 0.3) is 0 Å². The number of methoxy groups -OCH3 is 2. The van der Waals surface area contributed by atoms with Crippen LogP contribution in [0.25, 0.3) is 33.4 Å². The molecule has 0 fully saturated rings. The average Bonchev–Trinajstić information content (AvgIpc) is 3.18. The minimum absolute atomic E-state index is 0.629. The van der Waals surface area contributed by atoms with Gasteiger partial charge in [-0.15, -0.1) is 0 Å². The predicted octanol–water partition coefficient (Wildman–Crippen LogP) is 6.03. The summed E-state index contributed by atoms with van der Waals surface area (Å²) < 4.78 is 23.2. The van der Waals surface area contributed by atoms with Crippen LogP contribution < -0.4 is 14.2 Å². The number of fused-ring (bicyclic) bond motifs is 1. The normalized spacial score (nSPS) is 11.2. The first-order valence-electron chi connectivity index (χ1n) is 10.6. The molecule has 5 heteroatoms. The van der Waals surface area contributed by atoms with Gasteiger partial charge in [0.2, 0.25) is 0 Å². The maximum Gasteiger partial charge on any atom is 0.143 e. The fourth-order valence-electron chi connectivity index (χ4n) is 3.72. The molecule has 3 aromatic carbocycles. The van der Waals surface area contributed by atoms with E-state index in [1.807, 2.05) is 56.6 Å². The molecule has 1 aromatic heterocycles. The Bertz CT molecular complexity index is 1210. The number of benzene rings is 3. The van der Waals surface area contributed by atoms with Gasteiger partial charge >= 0.3 is 0 Å². The number of hydrogen-bond acceptors (Lipinski definition) is 5. The zero-order chi connectivity index (χ0) is 22.7. The Balaban J connectivity index is 1.86. The van der Waals surface area contributed by atoms with Gasteiger partial charge in [-0.25, -0.2) is 0 Å². The molecule has 1 heterocycles. The topological polar surface area (TPSA) is 44.1 Å². The van der Waals surface area contributed by atoms with Crippen molar-refractivity contribution in [3.8, 4) is 39.7 Å². The molecule has 0 saturated heterocycles. The highest BCUT2D eigenvalue weighted by atomic mass is 16.5. The van der Waals surface area contributed by atoms with E-state index in [1.165, 1.54) is 0 Å². The molecule has 5 nitrogen and oxygen atoms in total. The lowest BCUT2D eigenvalue weighted by atomic mass is 9.95. The van der Waals surface area contributed by atoms with Crippen LogP contribution in [0.15, 0.2) is 65.1 Å². The number of nitrogens with zero attached hydrogens (tertiary/aromatic N) is 1. The Hall–Kier alpha value is -3.44. The summed E-state index contributed by atoms with van der Waals surface area (Å²) in [7, 11) is 7.40. The molecule has 0 aliphatic carbocycles. The third-order valence-electron chi connectivity index (χ3n) is 5.54. The molecule has 0 spiro atoms. The molecule has 0 unspecified atom stereocenters. The smallest absolute Gasteiger partial charge is 0.143 e. The van der Waals surface area contributed by atoms with Crippen molar-refractivity contribution >= 4 is 11.0 Å². The van der Waals surface area contributed by atoms with Gasteiger partial charge in [-0.3, -0.25) is 0 Å². The van der Waals surface area contributed by atoms with Gasteiger partial charge in [-0.1, -0.05) is 6.07 Å². The fourth-order valence-corrected chi connectivity index (χ4v) is 3.72. The third kappa shape index (κ3) is 4.43. The highest BCUT2D eigenvalue weighted by molar-refractivity contribution is 6.03. The first kappa shape index (κ1) is 21.8. The number of ether oxygens (including phenoxy) is 3. The molecule has 0 N–H and O–H groups in total. The van der Waals surface area contributed by atoms with E-state index in [1.54, 1.807) is 14.2 Å². The Labute approximate surface area is 189 Å². The van der Waals surface area contributed by atoms with Crippen LogP contribution in [0, 0.1) is 6.92 Å². The van der Waals surface area contributed by atoms with E-state index in [4.69, 9.17) is 18.6 Å². The molecule has 0 radical (unpaired) electrons. The summed E-state index contributed by atoms with van der Waals surface area (Å²) in [4.78, 5) is 2.11. The summed E-state index contributed by atoms with van der Waals surface area (Å²) in [5.41, 5.74) is 5.04. The first-order chi connectivity index (χ1) is 15.5. The molecule has 4 aromatic rings. The van der Waals surface area contributed by atoms with Crippen molar-refractivity contribution in [1.82, 2.24) is 4.90 Å². The summed E-state index contributed by atoms with van der Waals surface area (Å²) in [5, 5.41) is 1.03. The zero-order valence-corrected chi connectivity index (χ0v) is 19.3. The molecule has 0 bridgehead atoms. The molecule has 0 saturated carbocycles. The maximum absolute atomic E-state index is 6.39. The molecular weight excluding hydrogens is 402 g/mol. The van der Waals surface area contributed by atoms with E-state index in [-0.39, 0.29) is 0 Å². The highest BCUT2D eigenvalue weighted by Crippen LogP contribution is 2.44. The summed E-state index contributed by atoms with van der Waals surface area (Å²) in [5.74, 6) is 3.22. The second-order valence-electron chi connectivity index (χ2n) is 8.03. The molecule has 0 aliphatic rings. The van der Waals surface area contributed by atoms with Crippen molar-refractivity contribution in [2.24, 2.45) is 0 Å². The van der Waals surface area contributed by atoms with Crippen LogP contribution in [0.3, 0.4) is 0 Å². The van der Waals surface area contributed by atoms with Crippen LogP contribution in [0.1, 0.15) is 5.56 Å². The van der Waals surface area contributed by atoms with Crippen LogP contribution in [0.2, 0.25) is 0 Å².